The van der Waals surface area contributed by atoms with Gasteiger partial charge in [0.05, 0.1) is 5.69 Å². The van der Waals surface area contributed by atoms with Crippen LogP contribution < -0.4 is 5.32 Å². The van der Waals surface area contributed by atoms with E-state index in [1.165, 1.54) is 0 Å². The van der Waals surface area contributed by atoms with Crippen LogP contribution in [-0.2, 0) is 0 Å². The molecule has 2 nitrogen and oxygen atoms in total. The largest absolute Gasteiger partial charge is 0.358 e. The summed E-state index contributed by atoms with van der Waals surface area (Å²) in [5.74, 6) is 0. The fourth-order valence-corrected chi connectivity index (χ4v) is 2.76. The third-order valence-electron chi connectivity index (χ3n) is 3.06. The van der Waals surface area contributed by atoms with E-state index in [2.05, 4.69) is 29.5 Å². The first kappa shape index (κ1) is 10.2. The molecule has 0 aliphatic heterocycles. The van der Waals surface area contributed by atoms with Gasteiger partial charge >= 0.3 is 0 Å². The van der Waals surface area contributed by atoms with Crippen molar-refractivity contribution in [3.05, 3.63) is 11.1 Å². The van der Waals surface area contributed by atoms with Crippen molar-refractivity contribution in [2.24, 2.45) is 5.41 Å². The van der Waals surface area contributed by atoms with E-state index in [1.54, 1.807) is 11.3 Å². The highest BCUT2D eigenvalue weighted by atomic mass is 35.5. The lowest BCUT2D eigenvalue weighted by Crippen LogP contribution is -2.54. The van der Waals surface area contributed by atoms with Crippen molar-refractivity contribution in [3.63, 3.8) is 0 Å². The number of anilines is 1. The van der Waals surface area contributed by atoms with Gasteiger partial charge in [-0.1, -0.05) is 13.8 Å². The standard InChI is InChI=1S/C10H15ClN2S/c1-6-5-14-9(12-6)13-8-4-7(11)10(8,2)3/h5,7-8H,4H2,1-3H3,(H,12,13). The van der Waals surface area contributed by atoms with Crippen LogP contribution in [0.5, 0.6) is 0 Å². The van der Waals surface area contributed by atoms with Crippen LogP contribution in [0, 0.1) is 12.3 Å². The molecule has 0 radical (unpaired) electrons. The zero-order chi connectivity index (χ0) is 10.3. The molecule has 0 spiro atoms. The molecule has 1 aliphatic rings. The molecule has 4 heteroatoms. The summed E-state index contributed by atoms with van der Waals surface area (Å²) in [6, 6.07) is 0.468. The lowest BCUT2D eigenvalue weighted by Gasteiger charge is -2.49. The molecule has 14 heavy (non-hydrogen) atoms. The molecule has 0 saturated heterocycles. The minimum absolute atomic E-state index is 0.182. The van der Waals surface area contributed by atoms with Crippen LogP contribution in [0.25, 0.3) is 0 Å². The second-order valence-electron chi connectivity index (χ2n) is 4.52. The molecular weight excluding hydrogens is 216 g/mol. The minimum Gasteiger partial charge on any atom is -0.358 e. The summed E-state index contributed by atoms with van der Waals surface area (Å²) in [6.07, 6.45) is 1.03. The Morgan fingerprint density at radius 3 is 2.79 bits per heavy atom. The lowest BCUT2D eigenvalue weighted by molar-refractivity contribution is 0.168. The van der Waals surface area contributed by atoms with Crippen LogP contribution in [0.15, 0.2) is 5.38 Å². The maximum atomic E-state index is 6.15. The van der Waals surface area contributed by atoms with Crippen LogP contribution >= 0.6 is 22.9 Å². The second-order valence-corrected chi connectivity index (χ2v) is 5.90. The highest BCUT2D eigenvalue weighted by Crippen LogP contribution is 2.45. The molecule has 1 saturated carbocycles. The molecule has 0 bridgehead atoms. The zero-order valence-electron chi connectivity index (χ0n) is 8.67. The van der Waals surface area contributed by atoms with Gasteiger partial charge in [0.15, 0.2) is 5.13 Å². The van der Waals surface area contributed by atoms with Crippen molar-refractivity contribution in [1.29, 1.82) is 0 Å². The summed E-state index contributed by atoms with van der Waals surface area (Å²) in [5, 5.41) is 6.81. The van der Waals surface area contributed by atoms with E-state index in [9.17, 15) is 0 Å². The van der Waals surface area contributed by atoms with E-state index in [4.69, 9.17) is 11.6 Å². The van der Waals surface area contributed by atoms with Crippen molar-refractivity contribution in [1.82, 2.24) is 4.98 Å². The molecule has 2 rings (SSSR count). The van der Waals surface area contributed by atoms with Crippen molar-refractivity contribution in [2.75, 3.05) is 5.32 Å². The van der Waals surface area contributed by atoms with Gasteiger partial charge in [0.1, 0.15) is 0 Å². The predicted molar refractivity (Wildman–Crippen MR) is 62.3 cm³/mol. The third kappa shape index (κ3) is 1.63. The van der Waals surface area contributed by atoms with E-state index in [0.717, 1.165) is 17.2 Å². The molecule has 1 aliphatic carbocycles. The van der Waals surface area contributed by atoms with Crippen LogP contribution in [0.1, 0.15) is 26.0 Å². The first-order valence-corrected chi connectivity index (χ1v) is 6.14. The summed E-state index contributed by atoms with van der Waals surface area (Å²) < 4.78 is 0. The third-order valence-corrected chi connectivity index (χ3v) is 4.70. The number of aryl methyl sites for hydroxylation is 1. The molecule has 0 aromatic carbocycles. The van der Waals surface area contributed by atoms with Crippen LogP contribution in [0.4, 0.5) is 5.13 Å². The van der Waals surface area contributed by atoms with Crippen molar-refractivity contribution >= 4 is 28.1 Å². The molecule has 1 aromatic rings. The summed E-state index contributed by atoms with van der Waals surface area (Å²) >= 11 is 7.81. The van der Waals surface area contributed by atoms with Gasteiger partial charge in [-0.2, -0.15) is 0 Å². The Kier molecular flexibility index (Phi) is 2.48. The molecule has 1 fully saturated rings. The van der Waals surface area contributed by atoms with Crippen molar-refractivity contribution in [3.8, 4) is 0 Å². The summed E-state index contributed by atoms with van der Waals surface area (Å²) in [5.41, 5.74) is 1.26. The van der Waals surface area contributed by atoms with E-state index in [-0.39, 0.29) is 5.41 Å². The minimum atomic E-state index is 0.182. The quantitative estimate of drug-likeness (QED) is 0.789. The Hall–Kier alpha value is -0.280. The predicted octanol–water partition coefficient (Wildman–Crippen LogP) is 3.27. The van der Waals surface area contributed by atoms with Gasteiger partial charge in [-0.05, 0) is 13.3 Å². The Labute approximate surface area is 93.7 Å². The molecule has 1 aromatic heterocycles. The smallest absolute Gasteiger partial charge is 0.183 e. The van der Waals surface area contributed by atoms with E-state index < -0.39 is 0 Å². The number of aromatic nitrogens is 1. The number of nitrogens with zero attached hydrogens (tertiary/aromatic N) is 1. The number of hydrogen-bond acceptors (Lipinski definition) is 3. The zero-order valence-corrected chi connectivity index (χ0v) is 10.2. The van der Waals surface area contributed by atoms with Crippen LogP contribution in [0.3, 0.4) is 0 Å². The fraction of sp³-hybridized carbons (Fsp3) is 0.700. The lowest BCUT2D eigenvalue weighted by atomic mass is 9.67. The van der Waals surface area contributed by atoms with Gasteiger partial charge in [0, 0.05) is 22.2 Å². The van der Waals surface area contributed by atoms with Gasteiger partial charge in [-0.25, -0.2) is 4.98 Å². The van der Waals surface area contributed by atoms with Gasteiger partial charge in [-0.3, -0.25) is 0 Å². The molecule has 1 N–H and O–H groups in total. The number of thiazole rings is 1. The van der Waals surface area contributed by atoms with E-state index in [1.807, 2.05) is 6.92 Å². The maximum absolute atomic E-state index is 6.15. The van der Waals surface area contributed by atoms with E-state index >= 15 is 0 Å². The average Bonchev–Trinajstić information content (AvgIpc) is 2.51. The van der Waals surface area contributed by atoms with Crippen LogP contribution in [-0.4, -0.2) is 16.4 Å². The summed E-state index contributed by atoms with van der Waals surface area (Å²) in [4.78, 5) is 4.39. The van der Waals surface area contributed by atoms with Gasteiger partial charge in [0.2, 0.25) is 0 Å². The molecular formula is C10H15ClN2S. The van der Waals surface area contributed by atoms with Gasteiger partial charge < -0.3 is 5.32 Å². The Morgan fingerprint density at radius 1 is 1.64 bits per heavy atom. The topological polar surface area (TPSA) is 24.9 Å². The molecule has 78 valence electrons. The van der Waals surface area contributed by atoms with Gasteiger partial charge in [-0.15, -0.1) is 22.9 Å². The first-order chi connectivity index (χ1) is 6.50. The van der Waals surface area contributed by atoms with Gasteiger partial charge in [0.25, 0.3) is 0 Å². The number of halogens is 1. The normalized spacial score (nSPS) is 29.7. The van der Waals surface area contributed by atoms with Crippen molar-refractivity contribution in [2.45, 2.75) is 38.6 Å². The molecule has 1 heterocycles. The first-order valence-electron chi connectivity index (χ1n) is 4.83. The summed E-state index contributed by atoms with van der Waals surface area (Å²) in [6.45, 7) is 6.41. The SMILES string of the molecule is Cc1csc(NC2CC(Cl)C2(C)C)n1. The summed E-state index contributed by atoms with van der Waals surface area (Å²) in [7, 11) is 0. The Bertz CT molecular complexity index is 335. The molecule has 2 unspecified atom stereocenters. The Morgan fingerprint density at radius 2 is 2.36 bits per heavy atom. The number of alkyl halides is 1. The average molecular weight is 231 g/mol. The van der Waals surface area contributed by atoms with Crippen LogP contribution in [0.2, 0.25) is 0 Å². The number of rotatable bonds is 2. The monoisotopic (exact) mass is 230 g/mol. The highest BCUT2D eigenvalue weighted by Gasteiger charge is 2.47. The molecule has 0 amide bonds. The number of hydrogen-bond donors (Lipinski definition) is 1. The van der Waals surface area contributed by atoms with E-state index in [0.29, 0.717) is 11.4 Å². The maximum Gasteiger partial charge on any atom is 0.183 e. The van der Waals surface area contributed by atoms with Crippen molar-refractivity contribution < 1.29 is 0 Å². The second kappa shape index (κ2) is 3.38. The Balaban J connectivity index is 2.00. The number of nitrogens with one attached hydrogen (secondary N) is 1. The molecule has 2 atom stereocenters. The fourth-order valence-electron chi connectivity index (χ4n) is 1.69. The highest BCUT2D eigenvalue weighted by molar-refractivity contribution is 7.13.